The van der Waals surface area contributed by atoms with Crippen molar-refractivity contribution in [2.45, 2.75) is 13.0 Å². The summed E-state index contributed by atoms with van der Waals surface area (Å²) in [5.41, 5.74) is 0. The Hall–Kier alpha value is -1.27. The van der Waals surface area contributed by atoms with Crippen molar-refractivity contribution in [3.63, 3.8) is 0 Å². The summed E-state index contributed by atoms with van der Waals surface area (Å²) in [6.45, 7) is 6.72. The van der Waals surface area contributed by atoms with Gasteiger partial charge in [0.05, 0.1) is 6.04 Å². The molecule has 0 saturated carbocycles. The number of aromatic nitrogens is 2. The maximum absolute atomic E-state index is 11.1. The molecule has 4 heterocycles. The van der Waals surface area contributed by atoms with Crippen molar-refractivity contribution in [1.29, 1.82) is 0 Å². The fourth-order valence-electron chi connectivity index (χ4n) is 2.38. The van der Waals surface area contributed by atoms with Gasteiger partial charge in [-0.15, -0.1) is 0 Å². The molecule has 3 aliphatic rings. The van der Waals surface area contributed by atoms with E-state index in [-0.39, 0.29) is 17.7 Å². The molecule has 0 N–H and O–H groups in total. The van der Waals surface area contributed by atoms with E-state index in [0.29, 0.717) is 5.82 Å². The highest BCUT2D eigenvalue weighted by Crippen LogP contribution is 2.26. The Balaban J connectivity index is 1.83. The summed E-state index contributed by atoms with van der Waals surface area (Å²) >= 11 is 0. The van der Waals surface area contributed by atoms with Crippen molar-refractivity contribution in [2.75, 3.05) is 32.7 Å². The summed E-state index contributed by atoms with van der Waals surface area (Å²) in [5.74, 6) is 0.595. The minimum absolute atomic E-state index is 0.118. The molecule has 2 bridgehead atoms. The topological polar surface area (TPSA) is 62.5 Å². The highest BCUT2D eigenvalue weighted by atomic mass is 16.5. The van der Waals surface area contributed by atoms with E-state index < -0.39 is 0 Å². The maximum Gasteiger partial charge on any atom is 0.293 e. The molecule has 6 heteroatoms. The first-order valence-corrected chi connectivity index (χ1v) is 5.55. The first kappa shape index (κ1) is 9.92. The van der Waals surface area contributed by atoms with Crippen LogP contribution in [-0.2, 0) is 0 Å². The fourth-order valence-corrected chi connectivity index (χ4v) is 2.38. The Morgan fingerprint density at radius 1 is 1.38 bits per heavy atom. The Labute approximate surface area is 93.2 Å². The van der Waals surface area contributed by atoms with E-state index in [1.54, 1.807) is 0 Å². The summed E-state index contributed by atoms with van der Waals surface area (Å²) < 4.78 is 4.93. The molecule has 6 nitrogen and oxygen atoms in total. The summed E-state index contributed by atoms with van der Waals surface area (Å²) in [4.78, 5) is 20.0. The van der Waals surface area contributed by atoms with Crippen molar-refractivity contribution >= 4 is 5.78 Å². The lowest BCUT2D eigenvalue weighted by molar-refractivity contribution is 0.00781. The van der Waals surface area contributed by atoms with E-state index in [9.17, 15) is 4.79 Å². The van der Waals surface area contributed by atoms with Gasteiger partial charge in [0, 0.05) is 39.6 Å². The van der Waals surface area contributed by atoms with Crippen LogP contribution in [-0.4, -0.2) is 58.4 Å². The van der Waals surface area contributed by atoms with Gasteiger partial charge in [0.15, 0.2) is 5.82 Å². The monoisotopic (exact) mass is 222 g/mol. The lowest BCUT2D eigenvalue weighted by Gasteiger charge is -2.46. The Morgan fingerprint density at radius 2 is 2.12 bits per heavy atom. The molecule has 1 atom stereocenters. The average molecular weight is 222 g/mol. The Bertz CT molecular complexity index is 409. The van der Waals surface area contributed by atoms with E-state index in [0.717, 1.165) is 32.7 Å². The van der Waals surface area contributed by atoms with Gasteiger partial charge in [0.25, 0.3) is 5.89 Å². The number of piperazine rings is 3. The van der Waals surface area contributed by atoms with Gasteiger partial charge in [-0.25, -0.2) is 0 Å². The minimum atomic E-state index is -0.171. The Morgan fingerprint density at radius 3 is 2.62 bits per heavy atom. The van der Waals surface area contributed by atoms with Gasteiger partial charge in [0.2, 0.25) is 5.78 Å². The zero-order valence-corrected chi connectivity index (χ0v) is 9.22. The summed E-state index contributed by atoms with van der Waals surface area (Å²) in [5, 5.41) is 3.90. The van der Waals surface area contributed by atoms with Crippen LogP contribution in [0.5, 0.6) is 0 Å². The van der Waals surface area contributed by atoms with Gasteiger partial charge in [0.1, 0.15) is 0 Å². The smallest absolute Gasteiger partial charge is 0.293 e. The summed E-state index contributed by atoms with van der Waals surface area (Å²) in [6.07, 6.45) is 0. The zero-order valence-electron chi connectivity index (χ0n) is 9.22. The van der Waals surface area contributed by atoms with Gasteiger partial charge < -0.3 is 4.52 Å². The molecule has 16 heavy (non-hydrogen) atoms. The molecule has 0 amide bonds. The average Bonchev–Trinajstić information content (AvgIpc) is 2.80. The first-order valence-electron chi connectivity index (χ1n) is 5.55. The molecule has 3 saturated heterocycles. The second kappa shape index (κ2) is 3.64. The van der Waals surface area contributed by atoms with Gasteiger partial charge in [-0.2, -0.15) is 4.98 Å². The van der Waals surface area contributed by atoms with E-state index >= 15 is 0 Å². The predicted octanol–water partition coefficient (Wildman–Crippen LogP) is -0.0555. The van der Waals surface area contributed by atoms with Crippen LogP contribution in [0.4, 0.5) is 0 Å². The molecule has 1 unspecified atom stereocenters. The summed E-state index contributed by atoms with van der Waals surface area (Å²) in [6, 6.07) is 0.194. The molecular formula is C10H14N4O2. The highest BCUT2D eigenvalue weighted by molar-refractivity contribution is 5.89. The maximum atomic E-state index is 11.1. The standard InChI is InChI=1S/C10H14N4O2/c1-7(15)10-11-9(12-16-10)8-6-13-2-4-14(8)5-3-13/h8H,2-6H2,1H3. The van der Waals surface area contributed by atoms with Crippen LogP contribution in [0.2, 0.25) is 0 Å². The molecule has 1 aromatic rings. The number of hydrogen-bond acceptors (Lipinski definition) is 6. The molecule has 0 radical (unpaired) electrons. The van der Waals surface area contributed by atoms with Gasteiger partial charge in [-0.05, 0) is 0 Å². The van der Waals surface area contributed by atoms with E-state index in [1.165, 1.54) is 6.92 Å². The number of ketones is 1. The number of carbonyl (C=O) groups excluding carboxylic acids is 1. The number of nitrogens with zero attached hydrogens (tertiary/aromatic N) is 4. The predicted molar refractivity (Wildman–Crippen MR) is 55.1 cm³/mol. The van der Waals surface area contributed by atoms with Crippen LogP contribution in [0.15, 0.2) is 4.52 Å². The third-order valence-corrected chi connectivity index (χ3v) is 3.32. The molecule has 4 rings (SSSR count). The molecule has 0 aromatic carbocycles. The number of hydrogen-bond donors (Lipinski definition) is 0. The lowest BCUT2D eigenvalue weighted by Crippen LogP contribution is -2.57. The quantitative estimate of drug-likeness (QED) is 0.653. The largest absolute Gasteiger partial charge is 0.331 e. The van der Waals surface area contributed by atoms with Crippen LogP contribution in [0, 0.1) is 0 Å². The third-order valence-electron chi connectivity index (χ3n) is 3.32. The SMILES string of the molecule is CC(=O)c1nc(C2CN3CCN2CC3)no1. The Kier molecular flexibility index (Phi) is 2.26. The highest BCUT2D eigenvalue weighted by Gasteiger charge is 2.35. The number of rotatable bonds is 2. The summed E-state index contributed by atoms with van der Waals surface area (Å²) in [7, 11) is 0. The molecule has 3 aliphatic heterocycles. The third kappa shape index (κ3) is 1.54. The van der Waals surface area contributed by atoms with Crippen LogP contribution in [0.25, 0.3) is 0 Å². The van der Waals surface area contributed by atoms with Crippen LogP contribution < -0.4 is 0 Å². The van der Waals surface area contributed by atoms with Crippen molar-refractivity contribution in [3.8, 4) is 0 Å². The van der Waals surface area contributed by atoms with E-state index in [4.69, 9.17) is 4.52 Å². The number of fused-ring (bicyclic) bond motifs is 3. The number of carbonyl (C=O) groups is 1. The second-order valence-corrected chi connectivity index (χ2v) is 4.37. The van der Waals surface area contributed by atoms with Crippen molar-refractivity contribution in [1.82, 2.24) is 19.9 Å². The molecule has 86 valence electrons. The molecule has 0 aliphatic carbocycles. The zero-order chi connectivity index (χ0) is 11.1. The molecule has 1 aromatic heterocycles. The van der Waals surface area contributed by atoms with Gasteiger partial charge >= 0.3 is 0 Å². The van der Waals surface area contributed by atoms with Crippen LogP contribution in [0.1, 0.15) is 29.5 Å². The van der Waals surface area contributed by atoms with Crippen LogP contribution in [0.3, 0.4) is 0 Å². The van der Waals surface area contributed by atoms with E-state index in [2.05, 4.69) is 19.9 Å². The molecular weight excluding hydrogens is 208 g/mol. The van der Waals surface area contributed by atoms with Crippen LogP contribution >= 0.6 is 0 Å². The molecule has 3 fully saturated rings. The van der Waals surface area contributed by atoms with Gasteiger partial charge in [-0.3, -0.25) is 14.6 Å². The van der Waals surface area contributed by atoms with E-state index in [1.807, 2.05) is 0 Å². The van der Waals surface area contributed by atoms with Crippen molar-refractivity contribution in [3.05, 3.63) is 11.7 Å². The molecule has 0 spiro atoms. The van der Waals surface area contributed by atoms with Gasteiger partial charge in [-0.1, -0.05) is 5.16 Å². The second-order valence-electron chi connectivity index (χ2n) is 4.37. The van der Waals surface area contributed by atoms with Crippen molar-refractivity contribution in [2.24, 2.45) is 0 Å². The van der Waals surface area contributed by atoms with Crippen molar-refractivity contribution < 1.29 is 9.32 Å². The minimum Gasteiger partial charge on any atom is -0.331 e. The lowest BCUT2D eigenvalue weighted by atomic mass is 10.1. The number of Topliss-reactive ketones (excluding diaryl/α,β-unsaturated/α-hetero) is 1. The fraction of sp³-hybridized carbons (Fsp3) is 0.700. The first-order chi connectivity index (χ1) is 7.74. The normalized spacial score (nSPS) is 32.9.